The Kier molecular flexibility index (Phi) is 4.39. The molecular weight excluding hydrogens is 314 g/mol. The molecule has 0 atom stereocenters. The fourth-order valence-electron chi connectivity index (χ4n) is 3.35. The third-order valence-electron chi connectivity index (χ3n) is 4.88. The van der Waals surface area contributed by atoms with E-state index < -0.39 is 11.5 Å². The SMILES string of the molecule is CCC1CCC(NC(=O)Cc2csc3nccn23)(C(=O)O)CC1. The number of aliphatic carboxylic acids is 1. The van der Waals surface area contributed by atoms with Gasteiger partial charge in [0.25, 0.3) is 0 Å². The zero-order valence-electron chi connectivity index (χ0n) is 13.1. The molecule has 23 heavy (non-hydrogen) atoms. The first-order valence-corrected chi connectivity index (χ1v) is 8.86. The number of aromatic nitrogens is 2. The molecule has 0 radical (unpaired) electrons. The van der Waals surface area contributed by atoms with Gasteiger partial charge in [-0.25, -0.2) is 9.78 Å². The van der Waals surface area contributed by atoms with Crippen molar-refractivity contribution in [2.75, 3.05) is 0 Å². The second-order valence-electron chi connectivity index (χ2n) is 6.27. The summed E-state index contributed by atoms with van der Waals surface area (Å²) < 4.78 is 1.87. The van der Waals surface area contributed by atoms with Crippen molar-refractivity contribution >= 4 is 28.2 Å². The Morgan fingerprint density at radius 2 is 2.22 bits per heavy atom. The van der Waals surface area contributed by atoms with Gasteiger partial charge in [-0.15, -0.1) is 11.3 Å². The predicted molar refractivity (Wildman–Crippen MR) is 87.5 cm³/mol. The summed E-state index contributed by atoms with van der Waals surface area (Å²) in [6, 6.07) is 0. The zero-order chi connectivity index (χ0) is 16.4. The highest BCUT2D eigenvalue weighted by molar-refractivity contribution is 7.15. The van der Waals surface area contributed by atoms with Gasteiger partial charge in [0, 0.05) is 23.5 Å². The molecular formula is C16H21N3O3S. The number of carboxylic acid groups (broad SMARTS) is 1. The molecule has 6 nitrogen and oxygen atoms in total. The van der Waals surface area contributed by atoms with E-state index in [9.17, 15) is 14.7 Å². The highest BCUT2D eigenvalue weighted by atomic mass is 32.1. The standard InChI is InChI=1S/C16H21N3O3S/c1-2-11-3-5-16(6-4-11,14(21)22)18-13(20)9-12-10-23-15-17-7-8-19(12)15/h7-8,10-11H,2-6,9H2,1H3,(H,18,20)(H,21,22). The van der Waals surface area contributed by atoms with E-state index in [0.717, 1.165) is 29.9 Å². The number of carboxylic acids is 1. The molecule has 1 aliphatic rings. The molecule has 124 valence electrons. The normalized spacial score (nSPS) is 24.7. The van der Waals surface area contributed by atoms with Crippen LogP contribution in [0.2, 0.25) is 0 Å². The third kappa shape index (κ3) is 3.10. The summed E-state index contributed by atoms with van der Waals surface area (Å²) in [5.41, 5.74) is -0.268. The van der Waals surface area contributed by atoms with E-state index in [1.807, 2.05) is 16.0 Å². The summed E-state index contributed by atoms with van der Waals surface area (Å²) in [4.78, 5) is 29.2. The smallest absolute Gasteiger partial charge is 0.329 e. The predicted octanol–water partition coefficient (Wildman–Crippen LogP) is 2.48. The van der Waals surface area contributed by atoms with Gasteiger partial charge in [-0.1, -0.05) is 13.3 Å². The summed E-state index contributed by atoms with van der Waals surface area (Å²) in [5, 5.41) is 14.3. The van der Waals surface area contributed by atoms with Crippen molar-refractivity contribution in [1.82, 2.24) is 14.7 Å². The summed E-state index contributed by atoms with van der Waals surface area (Å²) >= 11 is 1.47. The molecule has 1 amide bonds. The maximum atomic E-state index is 12.4. The lowest BCUT2D eigenvalue weighted by Crippen LogP contribution is -2.56. The first-order chi connectivity index (χ1) is 11.0. The first-order valence-electron chi connectivity index (χ1n) is 7.98. The Hall–Kier alpha value is -1.89. The van der Waals surface area contributed by atoms with Gasteiger partial charge < -0.3 is 10.4 Å². The van der Waals surface area contributed by atoms with E-state index in [0.29, 0.717) is 18.8 Å². The van der Waals surface area contributed by atoms with Crippen molar-refractivity contribution in [2.45, 2.75) is 51.0 Å². The Bertz CT molecular complexity index is 713. The fraction of sp³-hybridized carbons (Fsp3) is 0.562. The van der Waals surface area contributed by atoms with Crippen LogP contribution in [0.1, 0.15) is 44.7 Å². The van der Waals surface area contributed by atoms with E-state index in [1.54, 1.807) is 6.20 Å². The molecule has 1 fully saturated rings. The largest absolute Gasteiger partial charge is 0.480 e. The second-order valence-corrected chi connectivity index (χ2v) is 7.11. The van der Waals surface area contributed by atoms with Crippen LogP contribution in [0.5, 0.6) is 0 Å². The van der Waals surface area contributed by atoms with Crippen LogP contribution in [0.3, 0.4) is 0 Å². The number of imidazole rings is 1. The van der Waals surface area contributed by atoms with Gasteiger partial charge in [0.05, 0.1) is 6.42 Å². The Labute approximate surface area is 138 Å². The van der Waals surface area contributed by atoms with Crippen LogP contribution in [0.25, 0.3) is 4.96 Å². The molecule has 2 aromatic rings. The Morgan fingerprint density at radius 3 is 2.87 bits per heavy atom. The van der Waals surface area contributed by atoms with Crippen LogP contribution in [0.4, 0.5) is 0 Å². The monoisotopic (exact) mass is 335 g/mol. The maximum absolute atomic E-state index is 12.4. The number of nitrogens with zero attached hydrogens (tertiary/aromatic N) is 2. The van der Waals surface area contributed by atoms with Gasteiger partial charge >= 0.3 is 5.97 Å². The van der Waals surface area contributed by atoms with Crippen molar-refractivity contribution < 1.29 is 14.7 Å². The van der Waals surface area contributed by atoms with E-state index in [2.05, 4.69) is 17.2 Å². The number of hydrogen-bond donors (Lipinski definition) is 2. The molecule has 2 aromatic heterocycles. The van der Waals surface area contributed by atoms with Crippen molar-refractivity contribution in [3.63, 3.8) is 0 Å². The number of carbonyl (C=O) groups excluding carboxylic acids is 1. The lowest BCUT2D eigenvalue weighted by molar-refractivity contribution is -0.149. The van der Waals surface area contributed by atoms with Crippen LogP contribution in [0, 0.1) is 5.92 Å². The van der Waals surface area contributed by atoms with Crippen LogP contribution in [0.15, 0.2) is 17.8 Å². The van der Waals surface area contributed by atoms with Gasteiger partial charge in [0.15, 0.2) is 4.96 Å². The number of hydrogen-bond acceptors (Lipinski definition) is 4. The third-order valence-corrected chi connectivity index (χ3v) is 5.79. The number of amides is 1. The van der Waals surface area contributed by atoms with Crippen LogP contribution in [-0.4, -0.2) is 31.9 Å². The molecule has 0 spiro atoms. The fourth-order valence-corrected chi connectivity index (χ4v) is 4.20. The average molecular weight is 335 g/mol. The lowest BCUT2D eigenvalue weighted by atomic mass is 9.75. The number of fused-ring (bicyclic) bond motifs is 1. The molecule has 0 bridgehead atoms. The number of nitrogens with one attached hydrogen (secondary N) is 1. The van der Waals surface area contributed by atoms with Crippen molar-refractivity contribution in [2.24, 2.45) is 5.92 Å². The molecule has 2 heterocycles. The molecule has 0 aromatic carbocycles. The highest BCUT2D eigenvalue weighted by Crippen LogP contribution is 2.34. The molecule has 0 aliphatic heterocycles. The molecule has 2 N–H and O–H groups in total. The summed E-state index contributed by atoms with van der Waals surface area (Å²) in [5.74, 6) is -0.587. The van der Waals surface area contributed by atoms with E-state index >= 15 is 0 Å². The van der Waals surface area contributed by atoms with Crippen LogP contribution in [-0.2, 0) is 16.0 Å². The van der Waals surface area contributed by atoms with E-state index in [4.69, 9.17) is 0 Å². The molecule has 1 saturated carbocycles. The highest BCUT2D eigenvalue weighted by Gasteiger charge is 2.42. The minimum Gasteiger partial charge on any atom is -0.480 e. The van der Waals surface area contributed by atoms with Crippen molar-refractivity contribution in [3.8, 4) is 0 Å². The second kappa shape index (κ2) is 6.31. The minimum absolute atomic E-state index is 0.169. The van der Waals surface area contributed by atoms with Gasteiger partial charge in [0.2, 0.25) is 5.91 Å². The zero-order valence-corrected chi connectivity index (χ0v) is 13.9. The van der Waals surface area contributed by atoms with Gasteiger partial charge in [-0.3, -0.25) is 9.20 Å². The van der Waals surface area contributed by atoms with Crippen molar-refractivity contribution in [1.29, 1.82) is 0 Å². The van der Waals surface area contributed by atoms with E-state index in [1.165, 1.54) is 11.3 Å². The molecule has 7 heteroatoms. The minimum atomic E-state index is -1.10. The number of rotatable bonds is 5. The maximum Gasteiger partial charge on any atom is 0.329 e. The van der Waals surface area contributed by atoms with Crippen LogP contribution >= 0.6 is 11.3 Å². The van der Waals surface area contributed by atoms with Gasteiger partial charge in [-0.05, 0) is 31.6 Å². The first kappa shape index (κ1) is 16.0. The number of thiazole rings is 1. The van der Waals surface area contributed by atoms with Gasteiger partial charge in [0.1, 0.15) is 5.54 Å². The molecule has 0 unspecified atom stereocenters. The summed E-state index contributed by atoms with van der Waals surface area (Å²) in [6.07, 6.45) is 7.47. The molecule has 3 rings (SSSR count). The van der Waals surface area contributed by atoms with Crippen molar-refractivity contribution in [3.05, 3.63) is 23.5 Å². The average Bonchev–Trinajstić information content (AvgIpc) is 3.13. The summed E-state index contributed by atoms with van der Waals surface area (Å²) in [6.45, 7) is 2.13. The van der Waals surface area contributed by atoms with E-state index in [-0.39, 0.29) is 12.3 Å². The van der Waals surface area contributed by atoms with Gasteiger partial charge in [-0.2, -0.15) is 0 Å². The molecule has 0 saturated heterocycles. The Balaban J connectivity index is 1.69. The Morgan fingerprint density at radius 1 is 1.48 bits per heavy atom. The topological polar surface area (TPSA) is 83.7 Å². The summed E-state index contributed by atoms with van der Waals surface area (Å²) in [7, 11) is 0. The number of carbonyl (C=O) groups is 2. The quantitative estimate of drug-likeness (QED) is 0.879. The lowest BCUT2D eigenvalue weighted by Gasteiger charge is -2.37. The molecule has 1 aliphatic carbocycles. The van der Waals surface area contributed by atoms with Crippen LogP contribution < -0.4 is 5.32 Å².